The summed E-state index contributed by atoms with van der Waals surface area (Å²) in [5, 5.41) is 11.5. The van der Waals surface area contributed by atoms with Gasteiger partial charge in [0.2, 0.25) is 0 Å². The molecule has 3 aromatic carbocycles. The molecule has 1 saturated heterocycles. The molecule has 0 aromatic heterocycles. The van der Waals surface area contributed by atoms with Gasteiger partial charge in [0.05, 0.1) is 35.9 Å². The first-order chi connectivity index (χ1) is 17.3. The minimum absolute atomic E-state index is 0.123. The van der Waals surface area contributed by atoms with Gasteiger partial charge in [0.25, 0.3) is 11.7 Å². The highest BCUT2D eigenvalue weighted by Gasteiger charge is 2.47. The molecule has 0 aliphatic carbocycles. The molecular weight excluding hydrogens is 482 g/mol. The zero-order chi connectivity index (χ0) is 26.0. The van der Waals surface area contributed by atoms with Crippen LogP contribution in [0.1, 0.15) is 40.0 Å². The lowest BCUT2D eigenvalue weighted by molar-refractivity contribution is -0.132. The molecule has 1 N–H and O–H groups in total. The van der Waals surface area contributed by atoms with Crippen LogP contribution >= 0.6 is 11.6 Å². The Balaban J connectivity index is 1.95. The number of Topliss-reactive ketones (excluding diaryl/α,β-unsaturated/α-hetero) is 1. The summed E-state index contributed by atoms with van der Waals surface area (Å²) in [6.07, 6.45) is 0. The molecule has 0 spiro atoms. The molecular formula is C28H24ClNO6. The Morgan fingerprint density at radius 1 is 1.06 bits per heavy atom. The van der Waals surface area contributed by atoms with Crippen LogP contribution in [0.25, 0.3) is 5.76 Å². The van der Waals surface area contributed by atoms with Crippen LogP contribution in [0.3, 0.4) is 0 Å². The number of hydrogen-bond donors (Lipinski definition) is 1. The smallest absolute Gasteiger partial charge is 0.338 e. The number of hydrogen-bond acceptors (Lipinski definition) is 6. The number of amides is 1. The lowest BCUT2D eigenvalue weighted by Gasteiger charge is -2.26. The van der Waals surface area contributed by atoms with Gasteiger partial charge in [0, 0.05) is 11.3 Å². The number of aliphatic hydroxyl groups excluding tert-OH is 1. The van der Waals surface area contributed by atoms with Gasteiger partial charge in [-0.2, -0.15) is 0 Å². The van der Waals surface area contributed by atoms with Crippen molar-refractivity contribution in [2.75, 3.05) is 18.6 Å². The summed E-state index contributed by atoms with van der Waals surface area (Å²) in [6.45, 7) is 3.77. The summed E-state index contributed by atoms with van der Waals surface area (Å²) < 4.78 is 10.3. The quantitative estimate of drug-likeness (QED) is 0.207. The number of methoxy groups -OCH3 is 1. The molecule has 8 heteroatoms. The van der Waals surface area contributed by atoms with Crippen molar-refractivity contribution in [2.24, 2.45) is 0 Å². The molecule has 1 heterocycles. The van der Waals surface area contributed by atoms with Crippen LogP contribution in [-0.2, 0) is 14.3 Å². The normalized spacial score (nSPS) is 16.8. The van der Waals surface area contributed by atoms with E-state index in [1.807, 2.05) is 19.1 Å². The van der Waals surface area contributed by atoms with Crippen molar-refractivity contribution in [3.05, 3.63) is 99.6 Å². The van der Waals surface area contributed by atoms with Crippen LogP contribution in [0, 0.1) is 6.92 Å². The molecule has 0 radical (unpaired) electrons. The predicted octanol–water partition coefficient (Wildman–Crippen LogP) is 5.46. The molecule has 0 saturated carbocycles. The summed E-state index contributed by atoms with van der Waals surface area (Å²) in [6, 6.07) is 17.3. The van der Waals surface area contributed by atoms with Crippen molar-refractivity contribution in [2.45, 2.75) is 19.9 Å². The van der Waals surface area contributed by atoms with Crippen molar-refractivity contribution in [1.82, 2.24) is 0 Å². The van der Waals surface area contributed by atoms with E-state index < -0.39 is 29.5 Å². The van der Waals surface area contributed by atoms with Crippen LogP contribution in [0.15, 0.2) is 72.3 Å². The molecule has 1 aliphatic rings. The molecule has 1 unspecified atom stereocenters. The van der Waals surface area contributed by atoms with Gasteiger partial charge in [0.15, 0.2) is 0 Å². The Morgan fingerprint density at radius 3 is 2.50 bits per heavy atom. The van der Waals surface area contributed by atoms with E-state index in [-0.39, 0.29) is 28.3 Å². The van der Waals surface area contributed by atoms with Crippen LogP contribution in [0.4, 0.5) is 5.69 Å². The lowest BCUT2D eigenvalue weighted by Crippen LogP contribution is -2.29. The Kier molecular flexibility index (Phi) is 7.12. The van der Waals surface area contributed by atoms with Crippen molar-refractivity contribution < 1.29 is 29.0 Å². The number of aryl methyl sites for hydroxylation is 1. The van der Waals surface area contributed by atoms with Gasteiger partial charge in [-0.25, -0.2) is 4.79 Å². The fraction of sp³-hybridized carbons (Fsp3) is 0.179. The van der Waals surface area contributed by atoms with E-state index in [1.54, 1.807) is 43.3 Å². The highest BCUT2D eigenvalue weighted by atomic mass is 35.5. The molecule has 7 nitrogen and oxygen atoms in total. The zero-order valence-corrected chi connectivity index (χ0v) is 20.7. The molecule has 36 heavy (non-hydrogen) atoms. The number of carbonyl (C=O) groups is 3. The number of aliphatic hydroxyl groups is 1. The average Bonchev–Trinajstić information content (AvgIpc) is 3.14. The molecule has 1 fully saturated rings. The number of esters is 1. The van der Waals surface area contributed by atoms with Crippen molar-refractivity contribution in [3.63, 3.8) is 0 Å². The first-order valence-corrected chi connectivity index (χ1v) is 11.6. The zero-order valence-electron chi connectivity index (χ0n) is 19.9. The van der Waals surface area contributed by atoms with E-state index in [4.69, 9.17) is 21.1 Å². The van der Waals surface area contributed by atoms with Crippen LogP contribution < -0.4 is 9.64 Å². The number of benzene rings is 3. The summed E-state index contributed by atoms with van der Waals surface area (Å²) in [4.78, 5) is 40.4. The largest absolute Gasteiger partial charge is 0.507 e. The third kappa shape index (κ3) is 4.57. The highest BCUT2D eigenvalue weighted by molar-refractivity contribution is 6.52. The molecule has 1 amide bonds. The minimum atomic E-state index is -0.968. The van der Waals surface area contributed by atoms with E-state index >= 15 is 0 Å². The lowest BCUT2D eigenvalue weighted by atomic mass is 9.94. The van der Waals surface area contributed by atoms with Gasteiger partial charge < -0.3 is 14.6 Å². The van der Waals surface area contributed by atoms with Gasteiger partial charge in [-0.15, -0.1) is 0 Å². The van der Waals surface area contributed by atoms with Gasteiger partial charge >= 0.3 is 5.97 Å². The summed E-state index contributed by atoms with van der Waals surface area (Å²) in [7, 11) is 1.47. The molecule has 1 atom stereocenters. The maximum atomic E-state index is 13.4. The fourth-order valence-electron chi connectivity index (χ4n) is 4.21. The number of ketones is 1. The molecule has 184 valence electrons. The standard InChI is InChI=1S/C28H24ClNO6/c1-4-36-28(34)18-9-6-10-19(14-18)30-24(17-8-5-7-16(2)13-17)23(26(32)27(30)33)25(31)21-15-20(35-3)11-12-22(21)29/h5-15,24,31H,4H2,1-3H3/b25-23+. The van der Waals surface area contributed by atoms with Gasteiger partial charge in [-0.3, -0.25) is 14.5 Å². The monoisotopic (exact) mass is 505 g/mol. The number of anilines is 1. The average molecular weight is 506 g/mol. The third-order valence-corrected chi connectivity index (χ3v) is 6.20. The number of nitrogens with zero attached hydrogens (tertiary/aromatic N) is 1. The summed E-state index contributed by atoms with van der Waals surface area (Å²) in [5.74, 6) is -2.27. The molecule has 3 aromatic rings. The molecule has 0 bridgehead atoms. The van der Waals surface area contributed by atoms with Gasteiger partial charge in [-0.1, -0.05) is 47.5 Å². The van der Waals surface area contributed by atoms with Crippen LogP contribution in [0.5, 0.6) is 5.75 Å². The minimum Gasteiger partial charge on any atom is -0.507 e. The highest BCUT2D eigenvalue weighted by Crippen LogP contribution is 2.43. The first-order valence-electron chi connectivity index (χ1n) is 11.3. The number of ether oxygens (including phenoxy) is 2. The Labute approximate surface area is 213 Å². The maximum Gasteiger partial charge on any atom is 0.338 e. The van der Waals surface area contributed by atoms with E-state index in [0.29, 0.717) is 17.0 Å². The Hall–Kier alpha value is -4.10. The maximum absolute atomic E-state index is 13.4. The Bertz CT molecular complexity index is 1400. The van der Waals surface area contributed by atoms with Crippen LogP contribution in [-0.4, -0.2) is 36.5 Å². The van der Waals surface area contributed by atoms with Crippen molar-refractivity contribution in [1.29, 1.82) is 0 Å². The van der Waals surface area contributed by atoms with E-state index in [1.165, 1.54) is 30.2 Å². The second-order valence-corrected chi connectivity index (χ2v) is 8.61. The van der Waals surface area contributed by atoms with Gasteiger partial charge in [-0.05, 0) is 55.8 Å². The fourth-order valence-corrected chi connectivity index (χ4v) is 4.42. The second-order valence-electron chi connectivity index (χ2n) is 8.20. The number of carbonyl (C=O) groups excluding carboxylic acids is 3. The molecule has 1 aliphatic heterocycles. The topological polar surface area (TPSA) is 93.1 Å². The summed E-state index contributed by atoms with van der Waals surface area (Å²) in [5.41, 5.74) is 2.09. The van der Waals surface area contributed by atoms with E-state index in [2.05, 4.69) is 0 Å². The van der Waals surface area contributed by atoms with Crippen molar-refractivity contribution >= 4 is 40.7 Å². The van der Waals surface area contributed by atoms with Crippen LogP contribution in [0.2, 0.25) is 5.02 Å². The Morgan fingerprint density at radius 2 is 1.81 bits per heavy atom. The van der Waals surface area contributed by atoms with E-state index in [9.17, 15) is 19.5 Å². The molecule has 4 rings (SSSR count). The first kappa shape index (κ1) is 25.0. The van der Waals surface area contributed by atoms with Crippen molar-refractivity contribution in [3.8, 4) is 5.75 Å². The SMILES string of the molecule is CCOC(=O)c1cccc(N2C(=O)C(=O)/C(=C(/O)c3cc(OC)ccc3Cl)C2c2cccc(C)c2)c1. The third-order valence-electron chi connectivity index (χ3n) is 5.87. The number of rotatable bonds is 6. The predicted molar refractivity (Wildman–Crippen MR) is 136 cm³/mol. The summed E-state index contributed by atoms with van der Waals surface area (Å²) >= 11 is 6.36. The number of halogens is 1. The second kappa shape index (κ2) is 10.3. The van der Waals surface area contributed by atoms with E-state index in [0.717, 1.165) is 5.56 Å². The van der Waals surface area contributed by atoms with Gasteiger partial charge in [0.1, 0.15) is 11.5 Å².